The van der Waals surface area contributed by atoms with Crippen molar-refractivity contribution in [1.82, 2.24) is 10.3 Å². The molecule has 0 spiro atoms. The third kappa shape index (κ3) is 2.15. The smallest absolute Gasteiger partial charge is 0.108 e. The van der Waals surface area contributed by atoms with Gasteiger partial charge in [0.05, 0.1) is 17.5 Å². The van der Waals surface area contributed by atoms with Crippen LogP contribution in [0.4, 0.5) is 0 Å². The molecule has 0 radical (unpaired) electrons. The average molecular weight is 248 g/mol. The lowest BCUT2D eigenvalue weighted by Crippen LogP contribution is -2.27. The number of hydrogen-bond donors (Lipinski definition) is 1. The van der Waals surface area contributed by atoms with Crippen LogP contribution in [0.2, 0.25) is 0 Å². The zero-order chi connectivity index (χ0) is 11.7. The SMILES string of the molecule is CC(NC1CCCc2occc21)c1cscn1. The van der Waals surface area contributed by atoms with E-state index in [1.165, 1.54) is 18.4 Å². The summed E-state index contributed by atoms with van der Waals surface area (Å²) < 4.78 is 5.50. The number of thiazole rings is 1. The van der Waals surface area contributed by atoms with Crippen molar-refractivity contribution in [1.29, 1.82) is 0 Å². The van der Waals surface area contributed by atoms with Gasteiger partial charge in [-0.3, -0.25) is 0 Å². The number of nitrogens with one attached hydrogen (secondary N) is 1. The van der Waals surface area contributed by atoms with E-state index in [1.807, 2.05) is 5.51 Å². The summed E-state index contributed by atoms with van der Waals surface area (Å²) in [6.45, 7) is 2.17. The normalized spacial score (nSPS) is 21.1. The van der Waals surface area contributed by atoms with Crippen LogP contribution in [0.15, 0.2) is 27.6 Å². The van der Waals surface area contributed by atoms with Gasteiger partial charge in [0.2, 0.25) is 0 Å². The first-order valence-corrected chi connectivity index (χ1v) is 6.99. The highest BCUT2D eigenvalue weighted by Crippen LogP contribution is 2.32. The molecule has 2 aromatic heterocycles. The second-order valence-electron chi connectivity index (χ2n) is 4.55. The Morgan fingerprint density at radius 3 is 3.35 bits per heavy atom. The Hall–Kier alpha value is -1.13. The van der Waals surface area contributed by atoms with Gasteiger partial charge < -0.3 is 9.73 Å². The lowest BCUT2D eigenvalue weighted by molar-refractivity contribution is 0.383. The minimum atomic E-state index is 0.298. The maximum atomic E-state index is 5.50. The monoisotopic (exact) mass is 248 g/mol. The van der Waals surface area contributed by atoms with Crippen LogP contribution >= 0.6 is 11.3 Å². The molecule has 3 nitrogen and oxygen atoms in total. The van der Waals surface area contributed by atoms with Crippen LogP contribution in [0.3, 0.4) is 0 Å². The van der Waals surface area contributed by atoms with E-state index >= 15 is 0 Å². The van der Waals surface area contributed by atoms with Crippen molar-refractivity contribution in [2.45, 2.75) is 38.3 Å². The molecule has 0 saturated carbocycles. The first-order valence-electron chi connectivity index (χ1n) is 6.05. The van der Waals surface area contributed by atoms with Crippen molar-refractivity contribution in [2.75, 3.05) is 0 Å². The van der Waals surface area contributed by atoms with E-state index in [2.05, 4.69) is 28.7 Å². The predicted molar refractivity (Wildman–Crippen MR) is 68.1 cm³/mol. The van der Waals surface area contributed by atoms with Crippen LogP contribution in [-0.4, -0.2) is 4.98 Å². The second-order valence-corrected chi connectivity index (χ2v) is 5.26. The summed E-state index contributed by atoms with van der Waals surface area (Å²) in [7, 11) is 0. The summed E-state index contributed by atoms with van der Waals surface area (Å²) in [5, 5.41) is 5.76. The van der Waals surface area contributed by atoms with Crippen molar-refractivity contribution >= 4 is 11.3 Å². The van der Waals surface area contributed by atoms with Crippen LogP contribution < -0.4 is 5.32 Å². The number of aromatic nitrogens is 1. The molecule has 0 aromatic carbocycles. The molecule has 4 heteroatoms. The molecule has 1 aliphatic rings. The fraction of sp³-hybridized carbons (Fsp3) is 0.462. The summed E-state index contributed by atoms with van der Waals surface area (Å²) >= 11 is 1.65. The van der Waals surface area contributed by atoms with E-state index in [9.17, 15) is 0 Å². The predicted octanol–water partition coefficient (Wildman–Crippen LogP) is 3.46. The van der Waals surface area contributed by atoms with Crippen molar-refractivity contribution in [3.05, 3.63) is 40.2 Å². The zero-order valence-electron chi connectivity index (χ0n) is 9.85. The molecule has 0 aliphatic heterocycles. The van der Waals surface area contributed by atoms with Crippen molar-refractivity contribution in [2.24, 2.45) is 0 Å². The third-order valence-corrected chi connectivity index (χ3v) is 4.00. The molecule has 3 rings (SSSR count). The molecule has 2 heterocycles. The Labute approximate surface area is 105 Å². The molecular weight excluding hydrogens is 232 g/mol. The quantitative estimate of drug-likeness (QED) is 0.904. The van der Waals surface area contributed by atoms with Crippen LogP contribution in [0.25, 0.3) is 0 Å². The van der Waals surface area contributed by atoms with E-state index in [0.29, 0.717) is 12.1 Å². The highest BCUT2D eigenvalue weighted by Gasteiger charge is 2.24. The van der Waals surface area contributed by atoms with Crippen LogP contribution in [0.5, 0.6) is 0 Å². The molecule has 2 atom stereocenters. The summed E-state index contributed by atoms with van der Waals surface area (Å²) in [6.07, 6.45) is 5.26. The molecule has 2 aromatic rings. The maximum absolute atomic E-state index is 5.50. The Morgan fingerprint density at radius 2 is 2.53 bits per heavy atom. The first-order chi connectivity index (χ1) is 8.34. The van der Waals surface area contributed by atoms with E-state index in [1.54, 1.807) is 17.6 Å². The maximum Gasteiger partial charge on any atom is 0.108 e. The second kappa shape index (κ2) is 4.63. The van der Waals surface area contributed by atoms with E-state index in [4.69, 9.17) is 4.42 Å². The minimum absolute atomic E-state index is 0.298. The number of furan rings is 1. The summed E-state index contributed by atoms with van der Waals surface area (Å²) in [5.41, 5.74) is 4.35. The standard InChI is InChI=1S/C13H16N2OS/c1-9(12-7-17-8-14-12)15-11-3-2-4-13-10(11)5-6-16-13/h5-9,11,15H,2-4H2,1H3. The Balaban J connectivity index is 1.75. The van der Waals surface area contributed by atoms with Gasteiger partial charge in [-0.25, -0.2) is 4.98 Å². The van der Waals surface area contributed by atoms with Gasteiger partial charge in [-0.2, -0.15) is 0 Å². The summed E-state index contributed by atoms with van der Waals surface area (Å²) in [4.78, 5) is 4.36. The third-order valence-electron chi connectivity index (χ3n) is 3.40. The Morgan fingerprint density at radius 1 is 1.59 bits per heavy atom. The lowest BCUT2D eigenvalue weighted by atomic mass is 9.93. The molecule has 0 fully saturated rings. The number of nitrogens with zero attached hydrogens (tertiary/aromatic N) is 1. The number of aryl methyl sites for hydroxylation is 1. The number of hydrogen-bond acceptors (Lipinski definition) is 4. The fourth-order valence-electron chi connectivity index (χ4n) is 2.48. The molecular formula is C13H16N2OS. The van der Waals surface area contributed by atoms with Crippen molar-refractivity contribution < 1.29 is 4.42 Å². The van der Waals surface area contributed by atoms with Crippen molar-refractivity contribution in [3.63, 3.8) is 0 Å². The molecule has 2 unspecified atom stereocenters. The average Bonchev–Trinajstić information content (AvgIpc) is 3.00. The fourth-order valence-corrected chi connectivity index (χ4v) is 3.13. The molecule has 0 bridgehead atoms. The van der Waals surface area contributed by atoms with Gasteiger partial charge in [-0.1, -0.05) is 0 Å². The minimum Gasteiger partial charge on any atom is -0.469 e. The van der Waals surface area contributed by atoms with Gasteiger partial charge >= 0.3 is 0 Å². The van der Waals surface area contributed by atoms with Crippen molar-refractivity contribution in [3.8, 4) is 0 Å². The molecule has 0 saturated heterocycles. The topological polar surface area (TPSA) is 38.1 Å². The zero-order valence-corrected chi connectivity index (χ0v) is 10.7. The molecule has 90 valence electrons. The molecule has 0 amide bonds. The van der Waals surface area contributed by atoms with Gasteiger partial charge in [0.25, 0.3) is 0 Å². The van der Waals surface area contributed by atoms with Gasteiger partial charge in [-0.15, -0.1) is 11.3 Å². The van der Waals surface area contributed by atoms with Crippen LogP contribution in [0, 0.1) is 0 Å². The van der Waals surface area contributed by atoms with E-state index in [-0.39, 0.29) is 0 Å². The largest absolute Gasteiger partial charge is 0.469 e. The van der Waals surface area contributed by atoms with Gasteiger partial charge in [0, 0.05) is 29.4 Å². The van der Waals surface area contributed by atoms with Crippen LogP contribution in [0.1, 0.15) is 48.9 Å². The molecule has 17 heavy (non-hydrogen) atoms. The Kier molecular flexibility index (Phi) is 2.99. The van der Waals surface area contributed by atoms with E-state index in [0.717, 1.165) is 17.9 Å². The van der Waals surface area contributed by atoms with Gasteiger partial charge in [0.15, 0.2) is 0 Å². The molecule has 1 N–H and O–H groups in total. The lowest BCUT2D eigenvalue weighted by Gasteiger charge is -2.25. The highest BCUT2D eigenvalue weighted by atomic mass is 32.1. The Bertz CT molecular complexity index is 477. The number of fused-ring (bicyclic) bond motifs is 1. The summed E-state index contributed by atoms with van der Waals surface area (Å²) in [5.74, 6) is 1.15. The van der Waals surface area contributed by atoms with Crippen LogP contribution in [-0.2, 0) is 6.42 Å². The first kappa shape index (κ1) is 11.0. The van der Waals surface area contributed by atoms with Gasteiger partial charge in [0.1, 0.15) is 5.76 Å². The number of rotatable bonds is 3. The van der Waals surface area contributed by atoms with E-state index < -0.39 is 0 Å². The summed E-state index contributed by atoms with van der Waals surface area (Å²) in [6, 6.07) is 2.81. The van der Waals surface area contributed by atoms with Gasteiger partial charge in [-0.05, 0) is 25.8 Å². The molecule has 1 aliphatic carbocycles. The highest BCUT2D eigenvalue weighted by molar-refractivity contribution is 7.07.